The van der Waals surface area contributed by atoms with Gasteiger partial charge in [0.25, 0.3) is 0 Å². The first-order valence-corrected chi connectivity index (χ1v) is 7.59. The lowest BCUT2D eigenvalue weighted by Gasteiger charge is -2.06. The van der Waals surface area contributed by atoms with E-state index in [1.165, 1.54) is 9.79 Å². The molecule has 0 saturated carbocycles. The highest BCUT2D eigenvalue weighted by atomic mass is 35.5. The summed E-state index contributed by atoms with van der Waals surface area (Å²) >= 11 is 7.41. The van der Waals surface area contributed by atoms with Crippen LogP contribution in [0.15, 0.2) is 64.4 Å². The highest BCUT2D eigenvalue weighted by molar-refractivity contribution is 7.99. The van der Waals surface area contributed by atoms with E-state index in [2.05, 4.69) is 24.3 Å². The average Bonchev–Trinajstić information content (AvgIpc) is 2.47. The fourth-order valence-electron chi connectivity index (χ4n) is 1.77. The van der Waals surface area contributed by atoms with Gasteiger partial charge in [-0.25, -0.2) is 0 Å². The normalized spacial score (nSPS) is 12.1. The molecule has 0 spiro atoms. The third kappa shape index (κ3) is 4.58. The van der Waals surface area contributed by atoms with Crippen molar-refractivity contribution < 1.29 is 9.90 Å². The van der Waals surface area contributed by atoms with Gasteiger partial charge >= 0.3 is 5.97 Å². The van der Waals surface area contributed by atoms with Crippen molar-refractivity contribution in [2.75, 3.05) is 0 Å². The maximum absolute atomic E-state index is 10.6. The van der Waals surface area contributed by atoms with Crippen LogP contribution >= 0.6 is 23.4 Å². The zero-order valence-electron chi connectivity index (χ0n) is 10.8. The van der Waals surface area contributed by atoms with Crippen molar-refractivity contribution in [1.29, 1.82) is 0 Å². The van der Waals surface area contributed by atoms with Crippen molar-refractivity contribution in [3.63, 3.8) is 0 Å². The Labute approximate surface area is 127 Å². The van der Waals surface area contributed by atoms with Gasteiger partial charge in [-0.1, -0.05) is 42.1 Å². The lowest BCUT2D eigenvalue weighted by Crippen LogP contribution is -2.13. The Balaban J connectivity index is 1.91. The summed E-state index contributed by atoms with van der Waals surface area (Å²) in [6.45, 7) is 0. The molecule has 0 amide bonds. The van der Waals surface area contributed by atoms with Gasteiger partial charge in [0.15, 0.2) is 0 Å². The van der Waals surface area contributed by atoms with E-state index in [0.717, 1.165) is 5.56 Å². The number of hydrogen-bond donors (Lipinski definition) is 1. The number of rotatable bonds is 6. The summed E-state index contributed by atoms with van der Waals surface area (Å²) in [6, 6.07) is 18.3. The second-order valence-electron chi connectivity index (χ2n) is 4.40. The monoisotopic (exact) mass is 306 g/mol. The van der Waals surface area contributed by atoms with E-state index >= 15 is 0 Å². The summed E-state index contributed by atoms with van der Waals surface area (Å²) in [4.78, 5) is 13.0. The van der Waals surface area contributed by atoms with E-state index in [4.69, 9.17) is 16.7 Å². The van der Waals surface area contributed by atoms with Crippen LogP contribution in [0.1, 0.15) is 12.0 Å². The molecule has 2 aromatic rings. The van der Waals surface area contributed by atoms with Crippen LogP contribution in [0.25, 0.3) is 0 Å². The van der Waals surface area contributed by atoms with E-state index in [0.29, 0.717) is 12.8 Å². The third-order valence-corrected chi connectivity index (χ3v) is 4.28. The van der Waals surface area contributed by atoms with Crippen LogP contribution in [0.2, 0.25) is 0 Å². The molecule has 0 heterocycles. The fraction of sp³-hybridized carbons (Fsp3) is 0.188. The van der Waals surface area contributed by atoms with Crippen LogP contribution in [0.5, 0.6) is 0 Å². The molecule has 2 rings (SSSR count). The van der Waals surface area contributed by atoms with Gasteiger partial charge in [-0.15, -0.1) is 11.6 Å². The molecular weight excluding hydrogens is 292 g/mol. The number of carboxylic acid groups (broad SMARTS) is 1. The Hall–Kier alpha value is -1.45. The second-order valence-corrected chi connectivity index (χ2v) is 6.08. The molecule has 2 nitrogen and oxygen atoms in total. The van der Waals surface area contributed by atoms with Gasteiger partial charge in [0.1, 0.15) is 5.38 Å². The molecule has 1 N–H and O–H groups in total. The quantitative estimate of drug-likeness (QED) is 0.800. The van der Waals surface area contributed by atoms with Gasteiger partial charge in [-0.3, -0.25) is 4.79 Å². The summed E-state index contributed by atoms with van der Waals surface area (Å²) in [5, 5.41) is 7.92. The van der Waals surface area contributed by atoms with E-state index in [-0.39, 0.29) is 0 Å². The molecule has 4 heteroatoms. The number of halogens is 1. The molecule has 0 aliphatic rings. The zero-order valence-corrected chi connectivity index (χ0v) is 12.4. The molecule has 2 aromatic carbocycles. The molecule has 20 heavy (non-hydrogen) atoms. The van der Waals surface area contributed by atoms with E-state index in [1.807, 2.05) is 30.3 Å². The fourth-order valence-corrected chi connectivity index (χ4v) is 2.71. The summed E-state index contributed by atoms with van der Waals surface area (Å²) < 4.78 is 0. The Morgan fingerprint density at radius 1 is 1.05 bits per heavy atom. The molecule has 0 saturated heterocycles. The number of carbonyl (C=O) groups is 1. The number of aryl methyl sites for hydroxylation is 1. The van der Waals surface area contributed by atoms with Crippen LogP contribution in [-0.2, 0) is 11.2 Å². The van der Waals surface area contributed by atoms with E-state index in [9.17, 15) is 4.79 Å². The van der Waals surface area contributed by atoms with Crippen LogP contribution in [0.4, 0.5) is 0 Å². The highest BCUT2D eigenvalue weighted by Gasteiger charge is 2.12. The smallest absolute Gasteiger partial charge is 0.321 e. The summed E-state index contributed by atoms with van der Waals surface area (Å²) in [6.07, 6.45) is 1.12. The molecular formula is C16H15ClO2S. The molecule has 0 aliphatic heterocycles. The van der Waals surface area contributed by atoms with Crippen molar-refractivity contribution in [3.05, 3.63) is 60.2 Å². The number of benzene rings is 2. The van der Waals surface area contributed by atoms with Crippen LogP contribution in [-0.4, -0.2) is 16.5 Å². The molecule has 0 aromatic heterocycles. The van der Waals surface area contributed by atoms with Gasteiger partial charge in [0.2, 0.25) is 0 Å². The topological polar surface area (TPSA) is 37.3 Å². The first-order valence-electron chi connectivity index (χ1n) is 6.34. The largest absolute Gasteiger partial charge is 0.480 e. The minimum Gasteiger partial charge on any atom is -0.480 e. The second kappa shape index (κ2) is 7.36. The summed E-state index contributed by atoms with van der Waals surface area (Å²) in [7, 11) is 0. The minimum atomic E-state index is -0.956. The number of aliphatic carboxylic acids is 1. The Morgan fingerprint density at radius 3 is 2.25 bits per heavy atom. The first kappa shape index (κ1) is 14.9. The zero-order chi connectivity index (χ0) is 14.4. The molecule has 0 aliphatic carbocycles. The SMILES string of the molecule is O=C(O)C(Cl)CCc1ccc(Sc2ccccc2)cc1. The summed E-state index contributed by atoms with van der Waals surface area (Å²) in [5.74, 6) is -0.956. The Morgan fingerprint density at radius 2 is 1.65 bits per heavy atom. The van der Waals surface area contributed by atoms with Crippen molar-refractivity contribution in [3.8, 4) is 0 Å². The maximum Gasteiger partial charge on any atom is 0.321 e. The molecule has 0 radical (unpaired) electrons. The van der Waals surface area contributed by atoms with Crippen molar-refractivity contribution in [1.82, 2.24) is 0 Å². The van der Waals surface area contributed by atoms with Crippen molar-refractivity contribution >= 4 is 29.3 Å². The van der Waals surface area contributed by atoms with Gasteiger partial charge in [-0.2, -0.15) is 0 Å². The predicted octanol–water partition coefficient (Wildman–Crippen LogP) is 4.46. The van der Waals surface area contributed by atoms with Gasteiger partial charge in [-0.05, 0) is 42.7 Å². The van der Waals surface area contributed by atoms with Crippen LogP contribution in [0, 0.1) is 0 Å². The number of hydrogen-bond acceptors (Lipinski definition) is 2. The number of alkyl halides is 1. The molecule has 1 atom stereocenters. The molecule has 1 unspecified atom stereocenters. The van der Waals surface area contributed by atoms with E-state index in [1.54, 1.807) is 11.8 Å². The molecule has 0 fully saturated rings. The van der Waals surface area contributed by atoms with Gasteiger partial charge in [0.05, 0.1) is 0 Å². The average molecular weight is 307 g/mol. The van der Waals surface area contributed by atoms with Crippen LogP contribution < -0.4 is 0 Å². The van der Waals surface area contributed by atoms with Gasteiger partial charge in [0, 0.05) is 9.79 Å². The third-order valence-electron chi connectivity index (χ3n) is 2.86. The van der Waals surface area contributed by atoms with Crippen molar-refractivity contribution in [2.45, 2.75) is 28.0 Å². The van der Waals surface area contributed by atoms with E-state index < -0.39 is 11.3 Å². The highest BCUT2D eigenvalue weighted by Crippen LogP contribution is 2.27. The maximum atomic E-state index is 10.6. The van der Waals surface area contributed by atoms with Gasteiger partial charge < -0.3 is 5.11 Å². The molecule has 0 bridgehead atoms. The Bertz CT molecular complexity index is 554. The summed E-state index contributed by atoms with van der Waals surface area (Å²) in [5.41, 5.74) is 1.11. The van der Waals surface area contributed by atoms with Crippen molar-refractivity contribution in [2.24, 2.45) is 0 Å². The standard InChI is InChI=1S/C16H15ClO2S/c17-15(16(18)19)11-8-12-6-9-14(10-7-12)20-13-4-2-1-3-5-13/h1-7,9-10,15H,8,11H2,(H,18,19). The number of carboxylic acids is 1. The lowest BCUT2D eigenvalue weighted by atomic mass is 10.1. The lowest BCUT2D eigenvalue weighted by molar-refractivity contribution is -0.136. The first-order chi connectivity index (χ1) is 9.65. The Kier molecular flexibility index (Phi) is 5.50. The predicted molar refractivity (Wildman–Crippen MR) is 82.6 cm³/mol. The van der Waals surface area contributed by atoms with Crippen LogP contribution in [0.3, 0.4) is 0 Å². The molecule has 104 valence electrons. The minimum absolute atomic E-state index is 0.446.